The summed E-state index contributed by atoms with van der Waals surface area (Å²) in [6.45, 7) is 2.08. The maximum atomic E-state index is 10.6. The van der Waals surface area contributed by atoms with E-state index in [1.165, 1.54) is 4.88 Å². The van der Waals surface area contributed by atoms with Crippen LogP contribution in [0.15, 0.2) is 29.8 Å². The van der Waals surface area contributed by atoms with Crippen molar-refractivity contribution in [1.82, 2.24) is 9.61 Å². The summed E-state index contributed by atoms with van der Waals surface area (Å²) >= 11 is 1.70. The molecule has 0 amide bonds. The molecule has 12 heteroatoms. The SMILES string of the molecule is Cc1sccc1Nc1cc(N[C@H]2CC[C@H](N)CC2)c(C#N)c2ccnn12.O=C(O)C(F)(F)F. The predicted octanol–water partition coefficient (Wildman–Crippen LogP) is 4.63. The van der Waals surface area contributed by atoms with Crippen LogP contribution in [0.1, 0.15) is 36.1 Å². The minimum Gasteiger partial charge on any atom is -0.475 e. The molecule has 0 atom stereocenters. The van der Waals surface area contributed by atoms with Crippen molar-refractivity contribution in [1.29, 1.82) is 5.26 Å². The molecule has 0 radical (unpaired) electrons. The van der Waals surface area contributed by atoms with E-state index in [4.69, 9.17) is 15.6 Å². The molecule has 1 aliphatic carbocycles. The summed E-state index contributed by atoms with van der Waals surface area (Å²) in [6, 6.07) is 8.93. The van der Waals surface area contributed by atoms with Crippen LogP contribution < -0.4 is 16.4 Å². The number of nitrogens with zero attached hydrogens (tertiary/aromatic N) is 3. The molecule has 0 bridgehead atoms. The second-order valence-electron chi connectivity index (χ2n) is 7.63. The maximum Gasteiger partial charge on any atom is 0.490 e. The zero-order valence-electron chi connectivity index (χ0n) is 17.7. The minimum absolute atomic E-state index is 0.305. The number of aryl methyl sites for hydroxylation is 1. The first-order valence-electron chi connectivity index (χ1n) is 10.1. The van der Waals surface area contributed by atoms with Crippen LogP contribution in [0.4, 0.5) is 30.4 Å². The Morgan fingerprint density at radius 3 is 2.52 bits per heavy atom. The first-order chi connectivity index (χ1) is 15.6. The lowest BCUT2D eigenvalue weighted by atomic mass is 9.91. The Bertz CT molecular complexity index is 1160. The van der Waals surface area contributed by atoms with Gasteiger partial charge in [-0.2, -0.15) is 23.5 Å². The van der Waals surface area contributed by atoms with E-state index in [2.05, 4.69) is 40.2 Å². The highest BCUT2D eigenvalue weighted by molar-refractivity contribution is 7.10. The molecule has 0 unspecified atom stereocenters. The predicted molar refractivity (Wildman–Crippen MR) is 120 cm³/mol. The quantitative estimate of drug-likeness (QED) is 0.428. The zero-order valence-corrected chi connectivity index (χ0v) is 18.5. The lowest BCUT2D eigenvalue weighted by molar-refractivity contribution is -0.192. The Balaban J connectivity index is 0.000000383. The smallest absolute Gasteiger partial charge is 0.475 e. The van der Waals surface area contributed by atoms with Gasteiger partial charge in [0.25, 0.3) is 0 Å². The van der Waals surface area contributed by atoms with Crippen molar-refractivity contribution in [2.45, 2.75) is 50.9 Å². The van der Waals surface area contributed by atoms with Crippen LogP contribution in [0.3, 0.4) is 0 Å². The van der Waals surface area contributed by atoms with Crippen molar-refractivity contribution in [2.24, 2.45) is 5.73 Å². The lowest BCUT2D eigenvalue weighted by Crippen LogP contribution is -2.33. The number of aliphatic carboxylic acids is 1. The molecule has 176 valence electrons. The summed E-state index contributed by atoms with van der Waals surface area (Å²) in [5.41, 5.74) is 9.37. The number of aromatic nitrogens is 2. The third kappa shape index (κ3) is 5.94. The highest BCUT2D eigenvalue weighted by atomic mass is 32.1. The molecule has 0 aliphatic heterocycles. The summed E-state index contributed by atoms with van der Waals surface area (Å²) in [4.78, 5) is 10.1. The number of carboxylic acids is 1. The number of carbonyl (C=O) groups is 1. The number of pyridine rings is 1. The second-order valence-corrected chi connectivity index (χ2v) is 8.75. The van der Waals surface area contributed by atoms with Gasteiger partial charge in [-0.3, -0.25) is 0 Å². The van der Waals surface area contributed by atoms with Crippen LogP contribution >= 0.6 is 11.3 Å². The highest BCUT2D eigenvalue weighted by Gasteiger charge is 2.38. The second kappa shape index (κ2) is 10.1. The molecular formula is C21H23F3N6O2S. The molecule has 3 aromatic heterocycles. The van der Waals surface area contributed by atoms with Gasteiger partial charge < -0.3 is 21.5 Å². The molecule has 4 rings (SSSR count). The maximum absolute atomic E-state index is 10.6. The number of fused-ring (bicyclic) bond motifs is 1. The first kappa shape index (κ1) is 24.3. The van der Waals surface area contributed by atoms with Gasteiger partial charge in [-0.05, 0) is 50.1 Å². The Hall–Kier alpha value is -3.30. The van der Waals surface area contributed by atoms with Gasteiger partial charge in [0.05, 0.1) is 23.1 Å². The van der Waals surface area contributed by atoms with Gasteiger partial charge in [0, 0.05) is 23.0 Å². The van der Waals surface area contributed by atoms with E-state index < -0.39 is 12.1 Å². The fourth-order valence-electron chi connectivity index (χ4n) is 3.55. The van der Waals surface area contributed by atoms with Crippen LogP contribution in [0.25, 0.3) is 5.52 Å². The molecule has 3 aromatic rings. The number of anilines is 3. The van der Waals surface area contributed by atoms with Gasteiger partial charge in [-0.15, -0.1) is 11.3 Å². The fraction of sp³-hybridized carbons (Fsp3) is 0.381. The van der Waals surface area contributed by atoms with E-state index in [1.807, 2.05) is 12.1 Å². The molecule has 0 saturated heterocycles. The summed E-state index contributed by atoms with van der Waals surface area (Å²) < 4.78 is 33.5. The van der Waals surface area contributed by atoms with Crippen molar-refractivity contribution in [3.8, 4) is 6.07 Å². The largest absolute Gasteiger partial charge is 0.490 e. The van der Waals surface area contributed by atoms with E-state index in [0.717, 1.165) is 48.4 Å². The van der Waals surface area contributed by atoms with Gasteiger partial charge in [-0.1, -0.05) is 0 Å². The normalized spacial score (nSPS) is 18.2. The van der Waals surface area contributed by atoms with Crippen LogP contribution in [0.5, 0.6) is 0 Å². The first-order valence-corrected chi connectivity index (χ1v) is 11.0. The van der Waals surface area contributed by atoms with Crippen LogP contribution in [-0.4, -0.2) is 38.9 Å². The van der Waals surface area contributed by atoms with Crippen molar-refractivity contribution in [2.75, 3.05) is 10.6 Å². The lowest BCUT2D eigenvalue weighted by Gasteiger charge is -2.28. The van der Waals surface area contributed by atoms with E-state index in [9.17, 15) is 18.4 Å². The van der Waals surface area contributed by atoms with Crippen molar-refractivity contribution in [3.63, 3.8) is 0 Å². The summed E-state index contributed by atoms with van der Waals surface area (Å²) in [7, 11) is 0. The van der Waals surface area contributed by atoms with E-state index in [0.29, 0.717) is 17.6 Å². The molecular weight excluding hydrogens is 457 g/mol. The molecule has 5 N–H and O–H groups in total. The number of halogens is 3. The third-order valence-electron chi connectivity index (χ3n) is 5.28. The fourth-order valence-corrected chi connectivity index (χ4v) is 4.20. The number of rotatable bonds is 4. The number of hydrogen-bond donors (Lipinski definition) is 4. The number of thiophene rings is 1. The van der Waals surface area contributed by atoms with Crippen LogP contribution in [0.2, 0.25) is 0 Å². The van der Waals surface area contributed by atoms with Gasteiger partial charge in [-0.25, -0.2) is 9.31 Å². The van der Waals surface area contributed by atoms with Gasteiger partial charge in [0.1, 0.15) is 17.5 Å². The molecule has 1 fully saturated rings. The highest BCUT2D eigenvalue weighted by Crippen LogP contribution is 2.31. The molecule has 1 aliphatic rings. The number of nitriles is 1. The monoisotopic (exact) mass is 480 g/mol. The van der Waals surface area contributed by atoms with Crippen molar-refractivity contribution >= 4 is 40.0 Å². The number of alkyl halides is 3. The number of carboxylic acid groups (broad SMARTS) is 1. The zero-order chi connectivity index (χ0) is 24.2. The average Bonchev–Trinajstić information content (AvgIpc) is 3.39. The summed E-state index contributed by atoms with van der Waals surface area (Å²) in [5.74, 6) is -1.91. The van der Waals surface area contributed by atoms with Gasteiger partial charge in [0.15, 0.2) is 0 Å². The molecule has 33 heavy (non-hydrogen) atoms. The number of nitrogens with two attached hydrogens (primary N) is 1. The van der Waals surface area contributed by atoms with Gasteiger partial charge >= 0.3 is 12.1 Å². The molecule has 1 saturated carbocycles. The minimum atomic E-state index is -5.08. The Kier molecular flexibility index (Phi) is 7.45. The Morgan fingerprint density at radius 1 is 1.30 bits per heavy atom. The molecule has 0 aromatic carbocycles. The van der Waals surface area contributed by atoms with Crippen LogP contribution in [0, 0.1) is 18.3 Å². The van der Waals surface area contributed by atoms with Crippen LogP contribution in [-0.2, 0) is 4.79 Å². The van der Waals surface area contributed by atoms with Gasteiger partial charge in [0.2, 0.25) is 0 Å². The molecule has 0 spiro atoms. The molecule has 3 heterocycles. The topological polar surface area (TPSA) is 128 Å². The molecule has 8 nitrogen and oxygen atoms in total. The van der Waals surface area contributed by atoms with Crippen molar-refractivity contribution in [3.05, 3.63) is 40.2 Å². The number of nitrogens with one attached hydrogen (secondary N) is 2. The van der Waals surface area contributed by atoms with Crippen molar-refractivity contribution < 1.29 is 23.1 Å². The number of hydrogen-bond acceptors (Lipinski definition) is 7. The Morgan fingerprint density at radius 2 is 1.97 bits per heavy atom. The Labute approximate surface area is 191 Å². The van der Waals surface area contributed by atoms with E-state index in [1.54, 1.807) is 22.0 Å². The summed E-state index contributed by atoms with van der Waals surface area (Å²) in [6.07, 6.45) is 0.748. The average molecular weight is 481 g/mol. The summed E-state index contributed by atoms with van der Waals surface area (Å²) in [5, 5.41) is 30.4. The standard InChI is InChI=1S/C19H22N6S.C2HF3O2/c1-12-16(7-9-26-12)24-19-10-17(23-14-4-2-13(21)3-5-14)15(11-20)18-6-8-22-25(18)19;3-2(4,5)1(6)7/h6-10,13-14,23-24H,2-5,21H2,1H3;(H,6,7)/t13-,14-;. The third-order valence-corrected chi connectivity index (χ3v) is 6.13. The van der Waals surface area contributed by atoms with E-state index >= 15 is 0 Å². The van der Waals surface area contributed by atoms with E-state index in [-0.39, 0.29) is 0 Å².